The van der Waals surface area contributed by atoms with Crippen LogP contribution < -0.4 is 9.64 Å². The first-order valence-corrected chi connectivity index (χ1v) is 8.48. The minimum absolute atomic E-state index is 0.0947. The number of benzene rings is 1. The van der Waals surface area contributed by atoms with Crippen LogP contribution in [0.2, 0.25) is 0 Å². The van der Waals surface area contributed by atoms with Gasteiger partial charge in [-0.2, -0.15) is 0 Å². The number of hydrogen-bond acceptors (Lipinski definition) is 5. The van der Waals surface area contributed by atoms with Crippen LogP contribution in [0.3, 0.4) is 0 Å². The van der Waals surface area contributed by atoms with E-state index in [-0.39, 0.29) is 24.1 Å². The molecule has 1 aromatic carbocycles. The lowest BCUT2D eigenvalue weighted by atomic mass is 9.77. The number of carbonyl (C=O) groups excluding carboxylic acids is 2. The number of amides is 1. The van der Waals surface area contributed by atoms with Gasteiger partial charge in [0.2, 0.25) is 5.91 Å². The Bertz CT molecular complexity index is 741. The number of hydrogen-bond donors (Lipinski definition) is 0. The van der Waals surface area contributed by atoms with Gasteiger partial charge in [0.1, 0.15) is 17.3 Å². The number of rotatable bonds is 4. The maximum absolute atomic E-state index is 13.1. The van der Waals surface area contributed by atoms with Crippen molar-refractivity contribution in [3.63, 3.8) is 0 Å². The summed E-state index contributed by atoms with van der Waals surface area (Å²) < 4.78 is 16.6. The predicted octanol–water partition coefficient (Wildman–Crippen LogP) is 1.93. The number of nitrogens with zero attached hydrogens (tertiary/aromatic N) is 1. The Morgan fingerprint density at radius 2 is 2.04 bits per heavy atom. The lowest BCUT2D eigenvalue weighted by molar-refractivity contribution is -0.156. The fourth-order valence-corrected chi connectivity index (χ4v) is 4.06. The Balaban J connectivity index is 1.64. The lowest BCUT2D eigenvalue weighted by Crippen LogP contribution is -2.40. The molecule has 0 saturated carbocycles. The molecule has 132 valence electrons. The molecular weight excluding hydrogens is 322 g/mol. The summed E-state index contributed by atoms with van der Waals surface area (Å²) in [6.07, 6.45) is 3.22. The molecule has 25 heavy (non-hydrogen) atoms. The Kier molecular flexibility index (Phi) is 3.61. The van der Waals surface area contributed by atoms with Gasteiger partial charge in [0, 0.05) is 5.69 Å². The van der Waals surface area contributed by atoms with Crippen molar-refractivity contribution in [2.45, 2.75) is 31.7 Å². The van der Waals surface area contributed by atoms with Gasteiger partial charge >= 0.3 is 5.97 Å². The molecule has 6 nitrogen and oxygen atoms in total. The third-order valence-corrected chi connectivity index (χ3v) is 5.11. The number of anilines is 1. The molecule has 2 fully saturated rings. The second-order valence-corrected chi connectivity index (χ2v) is 7.01. The highest BCUT2D eigenvalue weighted by Gasteiger charge is 2.67. The minimum Gasteiger partial charge on any atom is -0.497 e. The van der Waals surface area contributed by atoms with Crippen LogP contribution >= 0.6 is 0 Å². The summed E-state index contributed by atoms with van der Waals surface area (Å²) >= 11 is 0. The first-order valence-electron chi connectivity index (χ1n) is 8.48. The van der Waals surface area contributed by atoms with Crippen molar-refractivity contribution in [3.8, 4) is 5.75 Å². The van der Waals surface area contributed by atoms with Gasteiger partial charge in [-0.3, -0.25) is 9.59 Å². The molecule has 6 heteroatoms. The molecule has 4 atom stereocenters. The molecule has 3 aliphatic rings. The van der Waals surface area contributed by atoms with Crippen molar-refractivity contribution in [1.82, 2.24) is 0 Å². The van der Waals surface area contributed by atoms with Crippen molar-refractivity contribution in [2.24, 2.45) is 11.8 Å². The predicted molar refractivity (Wildman–Crippen MR) is 90.3 cm³/mol. The molecule has 2 unspecified atom stereocenters. The highest BCUT2D eigenvalue weighted by molar-refractivity contribution is 6.02. The summed E-state index contributed by atoms with van der Waals surface area (Å²) in [4.78, 5) is 27.3. The number of fused-ring (bicyclic) bond motifs is 1. The van der Waals surface area contributed by atoms with Gasteiger partial charge in [-0.1, -0.05) is 12.2 Å². The van der Waals surface area contributed by atoms with Gasteiger partial charge in [0.25, 0.3) is 0 Å². The van der Waals surface area contributed by atoms with E-state index in [2.05, 4.69) is 0 Å². The van der Waals surface area contributed by atoms with E-state index in [9.17, 15) is 9.59 Å². The Morgan fingerprint density at radius 1 is 1.32 bits per heavy atom. The standard InChI is InChI=1S/C19H21NO5/c1-11(2)24-18(22)15-14-8-9-19(25-14)10-20(17(21)16(15)19)12-4-6-13(23-3)7-5-12/h4-9,11,14-16H,10H2,1-3H3/t14-,15?,16-,19?/m0/s1. The largest absolute Gasteiger partial charge is 0.497 e. The topological polar surface area (TPSA) is 65.1 Å². The van der Waals surface area contributed by atoms with E-state index >= 15 is 0 Å². The van der Waals surface area contributed by atoms with Gasteiger partial charge in [0.15, 0.2) is 0 Å². The van der Waals surface area contributed by atoms with Gasteiger partial charge < -0.3 is 19.1 Å². The third-order valence-electron chi connectivity index (χ3n) is 5.11. The van der Waals surface area contributed by atoms with Crippen molar-refractivity contribution < 1.29 is 23.8 Å². The molecule has 3 aliphatic heterocycles. The Morgan fingerprint density at radius 3 is 2.68 bits per heavy atom. The van der Waals surface area contributed by atoms with Crippen LogP contribution in [0.25, 0.3) is 0 Å². The molecule has 2 bridgehead atoms. The van der Waals surface area contributed by atoms with E-state index in [4.69, 9.17) is 14.2 Å². The smallest absolute Gasteiger partial charge is 0.313 e. The second-order valence-electron chi connectivity index (χ2n) is 7.01. The SMILES string of the molecule is COc1ccc(N2CC34C=C[C@H](O3)C(C(=O)OC(C)C)[C@H]4C2=O)cc1. The van der Waals surface area contributed by atoms with Gasteiger partial charge in [0.05, 0.1) is 31.8 Å². The summed E-state index contributed by atoms with van der Waals surface area (Å²) in [6.45, 7) is 4.01. The molecular formula is C19H21NO5. The maximum Gasteiger partial charge on any atom is 0.313 e. The number of carbonyl (C=O) groups is 2. The summed E-state index contributed by atoms with van der Waals surface area (Å²) in [5.74, 6) is -0.841. The molecule has 2 saturated heterocycles. The average Bonchev–Trinajstić information content (AvgIpc) is 3.22. The van der Waals surface area contributed by atoms with E-state index in [0.29, 0.717) is 6.54 Å². The Hall–Kier alpha value is -2.34. The first kappa shape index (κ1) is 16.1. The second kappa shape index (κ2) is 5.59. The molecule has 0 radical (unpaired) electrons. The summed E-state index contributed by atoms with van der Waals surface area (Å²) in [7, 11) is 1.60. The van der Waals surface area contributed by atoms with Crippen LogP contribution in [0.1, 0.15) is 13.8 Å². The van der Waals surface area contributed by atoms with Gasteiger partial charge in [-0.15, -0.1) is 0 Å². The molecule has 0 N–H and O–H groups in total. The monoisotopic (exact) mass is 343 g/mol. The number of esters is 1. The van der Waals surface area contributed by atoms with E-state index in [1.54, 1.807) is 25.9 Å². The average molecular weight is 343 g/mol. The van der Waals surface area contributed by atoms with Crippen molar-refractivity contribution in [3.05, 3.63) is 36.4 Å². The summed E-state index contributed by atoms with van der Waals surface area (Å²) in [5, 5.41) is 0. The molecule has 3 heterocycles. The van der Waals surface area contributed by atoms with Crippen LogP contribution in [-0.2, 0) is 19.1 Å². The van der Waals surface area contributed by atoms with Crippen LogP contribution in [0.5, 0.6) is 5.75 Å². The van der Waals surface area contributed by atoms with E-state index in [0.717, 1.165) is 11.4 Å². The summed E-state index contributed by atoms with van der Waals surface area (Å²) in [5.41, 5.74) is 0.0357. The minimum atomic E-state index is -0.734. The molecule has 0 aliphatic carbocycles. The fraction of sp³-hybridized carbons (Fsp3) is 0.474. The zero-order chi connectivity index (χ0) is 17.8. The molecule has 0 aromatic heterocycles. The zero-order valence-electron chi connectivity index (χ0n) is 14.5. The maximum atomic E-state index is 13.1. The molecule has 1 aromatic rings. The first-order chi connectivity index (χ1) is 11.9. The lowest BCUT2D eigenvalue weighted by Gasteiger charge is -2.23. The number of ether oxygens (including phenoxy) is 3. The van der Waals surface area contributed by atoms with E-state index in [1.165, 1.54) is 0 Å². The zero-order valence-corrected chi connectivity index (χ0v) is 14.5. The summed E-state index contributed by atoms with van der Waals surface area (Å²) in [6, 6.07) is 7.30. The van der Waals surface area contributed by atoms with Crippen molar-refractivity contribution in [1.29, 1.82) is 0 Å². The third kappa shape index (κ3) is 2.35. The van der Waals surface area contributed by atoms with E-state index in [1.807, 2.05) is 36.4 Å². The van der Waals surface area contributed by atoms with Crippen LogP contribution in [0.15, 0.2) is 36.4 Å². The number of methoxy groups -OCH3 is 1. The highest BCUT2D eigenvalue weighted by atomic mass is 16.6. The van der Waals surface area contributed by atoms with Gasteiger partial charge in [-0.25, -0.2) is 0 Å². The van der Waals surface area contributed by atoms with E-state index < -0.39 is 17.4 Å². The van der Waals surface area contributed by atoms with Crippen LogP contribution in [-0.4, -0.2) is 43.3 Å². The Labute approximate surface area is 146 Å². The normalized spacial score (nSPS) is 32.4. The van der Waals surface area contributed by atoms with Crippen LogP contribution in [0.4, 0.5) is 5.69 Å². The quantitative estimate of drug-likeness (QED) is 0.617. The highest BCUT2D eigenvalue weighted by Crippen LogP contribution is 2.53. The fourth-order valence-electron chi connectivity index (χ4n) is 4.06. The van der Waals surface area contributed by atoms with Gasteiger partial charge in [-0.05, 0) is 38.1 Å². The molecule has 4 rings (SSSR count). The molecule has 1 spiro atoms. The van der Waals surface area contributed by atoms with Crippen LogP contribution in [0, 0.1) is 11.8 Å². The van der Waals surface area contributed by atoms with Crippen molar-refractivity contribution >= 4 is 17.6 Å². The van der Waals surface area contributed by atoms with Crippen molar-refractivity contribution in [2.75, 3.05) is 18.6 Å². The molecule has 1 amide bonds.